The van der Waals surface area contributed by atoms with Crippen LogP contribution in [-0.2, 0) is 20.7 Å². The summed E-state index contributed by atoms with van der Waals surface area (Å²) in [5.74, 6) is -0.593. The maximum Gasteiger partial charge on any atom is 0.305 e. The lowest BCUT2D eigenvalue weighted by atomic mass is 10.0. The number of primary amides is 1. The molecule has 0 saturated heterocycles. The molecule has 4 nitrogen and oxygen atoms in total. The Morgan fingerprint density at radius 2 is 2.06 bits per heavy atom. The Labute approximate surface area is 106 Å². The molecule has 0 atom stereocenters. The molecule has 96 valence electrons. The minimum Gasteiger partial charge on any atom is -0.469 e. The van der Waals surface area contributed by atoms with Crippen LogP contribution in [-0.4, -0.2) is 19.0 Å². The van der Waals surface area contributed by atoms with Crippen molar-refractivity contribution in [3.63, 3.8) is 0 Å². The fraction of sp³-hybridized carbons (Fsp3) is 0.286. The van der Waals surface area contributed by atoms with Gasteiger partial charge in [0.1, 0.15) is 0 Å². The molecule has 1 rings (SSSR count). The molecular formula is C14H17NO3. The van der Waals surface area contributed by atoms with Crippen molar-refractivity contribution in [3.8, 4) is 0 Å². The van der Waals surface area contributed by atoms with E-state index in [1.165, 1.54) is 7.11 Å². The van der Waals surface area contributed by atoms with Crippen LogP contribution >= 0.6 is 0 Å². The lowest BCUT2D eigenvalue weighted by Gasteiger charge is -2.05. The van der Waals surface area contributed by atoms with Crippen LogP contribution in [0.1, 0.15) is 24.0 Å². The van der Waals surface area contributed by atoms with Gasteiger partial charge in [0, 0.05) is 12.8 Å². The van der Waals surface area contributed by atoms with E-state index in [1.54, 1.807) is 6.08 Å². The molecule has 4 heteroatoms. The first-order chi connectivity index (χ1) is 8.63. The van der Waals surface area contributed by atoms with Crippen molar-refractivity contribution in [1.29, 1.82) is 0 Å². The maximum absolute atomic E-state index is 11.1. The minimum absolute atomic E-state index is 0.214. The van der Waals surface area contributed by atoms with Crippen LogP contribution in [0, 0.1) is 0 Å². The van der Waals surface area contributed by atoms with Gasteiger partial charge in [0.05, 0.1) is 7.11 Å². The second-order valence-electron chi connectivity index (χ2n) is 3.85. The molecule has 1 aromatic carbocycles. The van der Waals surface area contributed by atoms with Gasteiger partial charge in [0.2, 0.25) is 5.91 Å². The highest BCUT2D eigenvalue weighted by molar-refractivity contribution is 5.76. The Morgan fingerprint density at radius 3 is 2.72 bits per heavy atom. The number of hydrogen-bond acceptors (Lipinski definition) is 3. The summed E-state index contributed by atoms with van der Waals surface area (Å²) >= 11 is 0. The number of methoxy groups -OCH3 is 1. The van der Waals surface area contributed by atoms with Crippen LogP contribution in [0.3, 0.4) is 0 Å². The molecule has 0 spiro atoms. The SMILES string of the molecule is COC(=O)CCc1ccccc1C=CCC(N)=O. The lowest BCUT2D eigenvalue weighted by Crippen LogP contribution is -2.08. The van der Waals surface area contributed by atoms with Crippen LogP contribution in [0.15, 0.2) is 30.3 Å². The third kappa shape index (κ3) is 4.82. The van der Waals surface area contributed by atoms with Gasteiger partial charge in [0.25, 0.3) is 0 Å². The molecule has 0 bridgehead atoms. The predicted molar refractivity (Wildman–Crippen MR) is 69.6 cm³/mol. The number of carbonyl (C=O) groups excluding carboxylic acids is 2. The van der Waals surface area contributed by atoms with Crippen molar-refractivity contribution >= 4 is 18.0 Å². The van der Waals surface area contributed by atoms with E-state index < -0.39 is 0 Å². The zero-order valence-corrected chi connectivity index (χ0v) is 10.4. The summed E-state index contributed by atoms with van der Waals surface area (Å²) in [6.45, 7) is 0. The second kappa shape index (κ2) is 7.27. The summed E-state index contributed by atoms with van der Waals surface area (Å²) in [5, 5.41) is 0. The number of carbonyl (C=O) groups is 2. The fourth-order valence-electron chi connectivity index (χ4n) is 1.57. The summed E-state index contributed by atoms with van der Waals surface area (Å²) in [4.78, 5) is 21.7. The number of ether oxygens (including phenoxy) is 1. The average molecular weight is 247 g/mol. The fourth-order valence-corrected chi connectivity index (χ4v) is 1.57. The molecule has 18 heavy (non-hydrogen) atoms. The van der Waals surface area contributed by atoms with E-state index in [1.807, 2.05) is 30.3 Å². The van der Waals surface area contributed by atoms with Crippen molar-refractivity contribution in [1.82, 2.24) is 0 Å². The molecule has 0 aliphatic carbocycles. The van der Waals surface area contributed by atoms with Gasteiger partial charge >= 0.3 is 5.97 Å². The Kier molecular flexibility index (Phi) is 5.64. The van der Waals surface area contributed by atoms with E-state index in [0.29, 0.717) is 12.8 Å². The van der Waals surface area contributed by atoms with Gasteiger partial charge in [-0.05, 0) is 17.5 Å². The Morgan fingerprint density at radius 1 is 1.33 bits per heavy atom. The monoisotopic (exact) mass is 247 g/mol. The summed E-state index contributed by atoms with van der Waals surface area (Å²) in [6, 6.07) is 7.71. The summed E-state index contributed by atoms with van der Waals surface area (Å²) in [5.41, 5.74) is 7.09. The van der Waals surface area contributed by atoms with E-state index in [9.17, 15) is 9.59 Å². The number of nitrogens with two attached hydrogens (primary N) is 1. The molecule has 0 saturated carbocycles. The zero-order chi connectivity index (χ0) is 13.4. The van der Waals surface area contributed by atoms with E-state index in [0.717, 1.165) is 11.1 Å². The van der Waals surface area contributed by atoms with Gasteiger partial charge in [0.15, 0.2) is 0 Å². The van der Waals surface area contributed by atoms with Crippen LogP contribution in [0.2, 0.25) is 0 Å². The summed E-state index contributed by atoms with van der Waals surface area (Å²) in [6.07, 6.45) is 4.74. The number of amides is 1. The first kappa shape index (κ1) is 14.0. The average Bonchev–Trinajstić information content (AvgIpc) is 2.36. The minimum atomic E-state index is -0.363. The van der Waals surface area contributed by atoms with Gasteiger partial charge in [-0.15, -0.1) is 0 Å². The summed E-state index contributed by atoms with van der Waals surface area (Å²) in [7, 11) is 1.38. The first-order valence-corrected chi connectivity index (χ1v) is 5.73. The number of hydrogen-bond donors (Lipinski definition) is 1. The van der Waals surface area contributed by atoms with E-state index >= 15 is 0 Å². The predicted octanol–water partition coefficient (Wildman–Crippen LogP) is 1.68. The third-order valence-corrected chi connectivity index (χ3v) is 2.50. The standard InChI is InChI=1S/C14H17NO3/c1-18-14(17)10-9-12-6-3-2-5-11(12)7-4-8-13(15)16/h2-7H,8-10H2,1H3,(H2,15,16). The Balaban J connectivity index is 2.70. The number of esters is 1. The first-order valence-electron chi connectivity index (χ1n) is 5.73. The Hall–Kier alpha value is -2.10. The van der Waals surface area contributed by atoms with E-state index in [-0.39, 0.29) is 18.3 Å². The van der Waals surface area contributed by atoms with Crippen LogP contribution in [0.25, 0.3) is 6.08 Å². The molecular weight excluding hydrogens is 230 g/mol. The van der Waals surface area contributed by atoms with Crippen molar-refractivity contribution < 1.29 is 14.3 Å². The topological polar surface area (TPSA) is 69.4 Å². The van der Waals surface area contributed by atoms with E-state index in [4.69, 9.17) is 5.73 Å². The molecule has 0 unspecified atom stereocenters. The van der Waals surface area contributed by atoms with Crippen molar-refractivity contribution in [3.05, 3.63) is 41.5 Å². The highest BCUT2D eigenvalue weighted by atomic mass is 16.5. The van der Waals surface area contributed by atoms with Crippen LogP contribution in [0.5, 0.6) is 0 Å². The van der Waals surface area contributed by atoms with Gasteiger partial charge < -0.3 is 10.5 Å². The van der Waals surface area contributed by atoms with Crippen LogP contribution < -0.4 is 5.73 Å². The molecule has 0 aromatic heterocycles. The largest absolute Gasteiger partial charge is 0.469 e. The van der Waals surface area contributed by atoms with E-state index in [2.05, 4.69) is 4.74 Å². The quantitative estimate of drug-likeness (QED) is 0.777. The number of aryl methyl sites for hydroxylation is 1. The molecule has 0 fully saturated rings. The van der Waals surface area contributed by atoms with Crippen molar-refractivity contribution in [2.45, 2.75) is 19.3 Å². The molecule has 0 heterocycles. The molecule has 0 aliphatic rings. The highest BCUT2D eigenvalue weighted by Gasteiger charge is 2.04. The zero-order valence-electron chi connectivity index (χ0n) is 10.4. The van der Waals surface area contributed by atoms with Crippen molar-refractivity contribution in [2.24, 2.45) is 5.73 Å². The molecule has 0 radical (unpaired) electrons. The van der Waals surface area contributed by atoms with Gasteiger partial charge in [-0.2, -0.15) is 0 Å². The van der Waals surface area contributed by atoms with Gasteiger partial charge in [-0.25, -0.2) is 0 Å². The van der Waals surface area contributed by atoms with Crippen LogP contribution in [0.4, 0.5) is 0 Å². The Bertz CT molecular complexity index is 452. The lowest BCUT2D eigenvalue weighted by molar-refractivity contribution is -0.140. The third-order valence-electron chi connectivity index (χ3n) is 2.50. The second-order valence-corrected chi connectivity index (χ2v) is 3.85. The molecule has 0 aliphatic heterocycles. The van der Waals surface area contributed by atoms with Gasteiger partial charge in [-0.3, -0.25) is 9.59 Å². The molecule has 2 N–H and O–H groups in total. The summed E-state index contributed by atoms with van der Waals surface area (Å²) < 4.78 is 4.61. The highest BCUT2D eigenvalue weighted by Crippen LogP contribution is 2.13. The van der Waals surface area contributed by atoms with Crippen molar-refractivity contribution in [2.75, 3.05) is 7.11 Å². The normalized spacial score (nSPS) is 10.5. The number of benzene rings is 1. The maximum atomic E-state index is 11.1. The molecule has 1 amide bonds. The smallest absolute Gasteiger partial charge is 0.305 e. The van der Waals surface area contributed by atoms with Gasteiger partial charge in [-0.1, -0.05) is 36.4 Å². The number of rotatable bonds is 6. The molecule has 1 aromatic rings.